The van der Waals surface area contributed by atoms with E-state index in [0.717, 1.165) is 30.9 Å². The minimum absolute atomic E-state index is 0.0155. The molecule has 3 heterocycles. The number of hydrogen-bond acceptors (Lipinski definition) is 7. The molecular formula is C23H25F2N7O. The van der Waals surface area contributed by atoms with E-state index in [2.05, 4.69) is 30.9 Å². The third-order valence-electron chi connectivity index (χ3n) is 6.24. The zero-order valence-corrected chi connectivity index (χ0v) is 18.3. The Bertz CT molecular complexity index is 1120. The Morgan fingerprint density at radius 3 is 2.70 bits per heavy atom. The summed E-state index contributed by atoms with van der Waals surface area (Å²) in [4.78, 5) is 12.5. The summed E-state index contributed by atoms with van der Waals surface area (Å²) in [7, 11) is 0. The van der Waals surface area contributed by atoms with Crippen LogP contribution in [0.15, 0.2) is 49.2 Å². The van der Waals surface area contributed by atoms with Gasteiger partial charge in [-0.3, -0.25) is 4.90 Å². The molecule has 4 rings (SSSR count). The molecule has 10 heteroatoms. The maximum atomic E-state index is 14.8. The standard InChI is InChI=1S/C23H25F2N7O/c1-17(30-7-2-8-31(10-9-30)22-6-3-18(12-26)13-28-22)23(33,14-32-16-27-15-29-32)20-5-4-19(24)11-21(20)25/h3-6,11,13,15-17,33H,2,7-10,14H2,1H3. The van der Waals surface area contributed by atoms with Crippen LogP contribution >= 0.6 is 0 Å². The van der Waals surface area contributed by atoms with Crippen LogP contribution in [0.1, 0.15) is 24.5 Å². The molecule has 0 spiro atoms. The van der Waals surface area contributed by atoms with E-state index >= 15 is 0 Å². The van der Waals surface area contributed by atoms with Crippen LogP contribution in [0.4, 0.5) is 14.6 Å². The van der Waals surface area contributed by atoms with E-state index in [-0.39, 0.29) is 12.1 Å². The maximum Gasteiger partial charge on any atom is 0.137 e. The SMILES string of the molecule is CC(N1CCCN(c2ccc(C#N)cn2)CC1)C(O)(Cn1cncn1)c1ccc(F)cc1F. The monoisotopic (exact) mass is 453 g/mol. The highest BCUT2D eigenvalue weighted by Crippen LogP contribution is 2.33. The zero-order chi connectivity index (χ0) is 23.4. The molecule has 2 unspecified atom stereocenters. The normalized spacial score (nSPS) is 17.7. The lowest BCUT2D eigenvalue weighted by atomic mass is 9.85. The first-order valence-electron chi connectivity index (χ1n) is 10.8. The van der Waals surface area contributed by atoms with Crippen LogP contribution in [0.2, 0.25) is 0 Å². The predicted octanol–water partition coefficient (Wildman–Crippen LogP) is 2.31. The molecule has 172 valence electrons. The van der Waals surface area contributed by atoms with Gasteiger partial charge in [-0.1, -0.05) is 6.07 Å². The molecule has 0 amide bonds. The van der Waals surface area contributed by atoms with Crippen molar-refractivity contribution in [2.75, 3.05) is 31.1 Å². The van der Waals surface area contributed by atoms with E-state index in [4.69, 9.17) is 5.26 Å². The smallest absolute Gasteiger partial charge is 0.137 e. The number of halogens is 2. The van der Waals surface area contributed by atoms with Gasteiger partial charge in [0, 0.05) is 50.0 Å². The number of aromatic nitrogens is 4. The molecule has 2 aromatic heterocycles. The van der Waals surface area contributed by atoms with Crippen molar-refractivity contribution in [3.05, 3.63) is 71.9 Å². The van der Waals surface area contributed by atoms with Gasteiger partial charge in [-0.15, -0.1) is 0 Å². The van der Waals surface area contributed by atoms with Gasteiger partial charge in [-0.2, -0.15) is 10.4 Å². The lowest BCUT2D eigenvalue weighted by molar-refractivity contribution is -0.0622. The minimum atomic E-state index is -1.67. The first-order chi connectivity index (χ1) is 15.9. The third kappa shape index (κ3) is 4.84. The van der Waals surface area contributed by atoms with E-state index < -0.39 is 23.3 Å². The summed E-state index contributed by atoms with van der Waals surface area (Å²) >= 11 is 0. The molecule has 0 radical (unpaired) electrons. The highest BCUT2D eigenvalue weighted by molar-refractivity contribution is 5.42. The van der Waals surface area contributed by atoms with E-state index in [9.17, 15) is 13.9 Å². The number of anilines is 1. The highest BCUT2D eigenvalue weighted by atomic mass is 19.1. The van der Waals surface area contributed by atoms with Gasteiger partial charge in [0.25, 0.3) is 0 Å². The van der Waals surface area contributed by atoms with Crippen molar-refractivity contribution >= 4 is 5.82 Å². The summed E-state index contributed by atoms with van der Waals surface area (Å²) in [6.07, 6.45) is 5.16. The van der Waals surface area contributed by atoms with Crippen LogP contribution in [-0.2, 0) is 12.1 Å². The molecule has 1 aliphatic heterocycles. The van der Waals surface area contributed by atoms with Crippen molar-refractivity contribution in [3.8, 4) is 6.07 Å². The number of aliphatic hydroxyl groups is 1. The number of hydrogen-bond donors (Lipinski definition) is 1. The Balaban J connectivity index is 1.58. The molecule has 1 aliphatic rings. The molecule has 1 N–H and O–H groups in total. The van der Waals surface area contributed by atoms with Gasteiger partial charge in [0.2, 0.25) is 0 Å². The van der Waals surface area contributed by atoms with Crippen molar-refractivity contribution in [1.29, 1.82) is 5.26 Å². The fraction of sp³-hybridized carbons (Fsp3) is 0.391. The fourth-order valence-corrected chi connectivity index (χ4v) is 4.34. The van der Waals surface area contributed by atoms with Gasteiger partial charge in [-0.25, -0.2) is 23.4 Å². The molecule has 1 fully saturated rings. The number of pyridine rings is 1. The summed E-state index contributed by atoms with van der Waals surface area (Å²) < 4.78 is 29.9. The molecular weight excluding hydrogens is 428 g/mol. The predicted molar refractivity (Wildman–Crippen MR) is 117 cm³/mol. The van der Waals surface area contributed by atoms with Crippen LogP contribution in [0.3, 0.4) is 0 Å². The van der Waals surface area contributed by atoms with Crippen LogP contribution in [0.5, 0.6) is 0 Å². The maximum absolute atomic E-state index is 14.8. The van der Waals surface area contributed by atoms with Gasteiger partial charge in [0.05, 0.1) is 12.1 Å². The fourth-order valence-electron chi connectivity index (χ4n) is 4.34. The van der Waals surface area contributed by atoms with Gasteiger partial charge in [0.15, 0.2) is 0 Å². The Morgan fingerprint density at radius 1 is 1.18 bits per heavy atom. The lowest BCUT2D eigenvalue weighted by Crippen LogP contribution is -2.53. The molecule has 0 aliphatic carbocycles. The Morgan fingerprint density at radius 2 is 2.03 bits per heavy atom. The second-order valence-electron chi connectivity index (χ2n) is 8.21. The summed E-state index contributed by atoms with van der Waals surface area (Å²) in [5.41, 5.74) is -1.15. The van der Waals surface area contributed by atoms with Crippen molar-refractivity contribution in [2.45, 2.75) is 31.5 Å². The number of benzene rings is 1. The van der Waals surface area contributed by atoms with Gasteiger partial charge < -0.3 is 10.0 Å². The second-order valence-corrected chi connectivity index (χ2v) is 8.21. The molecule has 1 saturated heterocycles. The first-order valence-corrected chi connectivity index (χ1v) is 10.8. The van der Waals surface area contributed by atoms with Crippen LogP contribution < -0.4 is 4.90 Å². The van der Waals surface area contributed by atoms with Crippen LogP contribution in [0, 0.1) is 23.0 Å². The van der Waals surface area contributed by atoms with Gasteiger partial charge in [0.1, 0.15) is 41.8 Å². The molecule has 0 bridgehead atoms. The second kappa shape index (κ2) is 9.60. The molecule has 8 nitrogen and oxygen atoms in total. The van der Waals surface area contributed by atoms with E-state index in [1.807, 2.05) is 13.0 Å². The summed E-state index contributed by atoms with van der Waals surface area (Å²) in [6, 6.07) is 8.36. The topological polar surface area (TPSA) is 94.1 Å². The highest BCUT2D eigenvalue weighted by Gasteiger charge is 2.42. The quantitative estimate of drug-likeness (QED) is 0.612. The average molecular weight is 453 g/mol. The van der Waals surface area contributed by atoms with E-state index in [1.54, 1.807) is 12.3 Å². The van der Waals surface area contributed by atoms with Crippen molar-refractivity contribution in [1.82, 2.24) is 24.6 Å². The van der Waals surface area contributed by atoms with Crippen molar-refractivity contribution in [3.63, 3.8) is 0 Å². The summed E-state index contributed by atoms with van der Waals surface area (Å²) in [6.45, 7) is 4.49. The lowest BCUT2D eigenvalue weighted by Gasteiger charge is -2.41. The molecule has 0 saturated carbocycles. The Kier molecular flexibility index (Phi) is 6.62. The first kappa shape index (κ1) is 22.8. The van der Waals surface area contributed by atoms with Crippen molar-refractivity contribution in [2.24, 2.45) is 0 Å². The summed E-state index contributed by atoms with van der Waals surface area (Å²) in [5, 5.41) is 24.9. The van der Waals surface area contributed by atoms with Crippen molar-refractivity contribution < 1.29 is 13.9 Å². The summed E-state index contributed by atoms with van der Waals surface area (Å²) in [5.74, 6) is -0.721. The van der Waals surface area contributed by atoms with Crippen LogP contribution in [-0.4, -0.2) is 62.0 Å². The molecule has 3 aromatic rings. The Hall–Kier alpha value is -3.42. The Labute approximate surface area is 190 Å². The zero-order valence-electron chi connectivity index (χ0n) is 18.3. The number of rotatable bonds is 6. The number of nitrogens with zero attached hydrogens (tertiary/aromatic N) is 7. The minimum Gasteiger partial charge on any atom is -0.381 e. The van der Waals surface area contributed by atoms with E-state index in [1.165, 1.54) is 23.4 Å². The van der Waals surface area contributed by atoms with Crippen LogP contribution in [0.25, 0.3) is 0 Å². The van der Waals surface area contributed by atoms with E-state index in [0.29, 0.717) is 25.2 Å². The largest absolute Gasteiger partial charge is 0.381 e. The van der Waals surface area contributed by atoms with Gasteiger partial charge >= 0.3 is 0 Å². The van der Waals surface area contributed by atoms with Gasteiger partial charge in [-0.05, 0) is 31.5 Å². The average Bonchev–Trinajstić information content (AvgIpc) is 3.19. The molecule has 1 aromatic carbocycles. The molecule has 33 heavy (non-hydrogen) atoms. The third-order valence-corrected chi connectivity index (χ3v) is 6.24. The number of nitriles is 1. The molecule has 2 atom stereocenters.